The van der Waals surface area contributed by atoms with Crippen LogP contribution < -0.4 is 5.73 Å². The number of amides is 1. The summed E-state index contributed by atoms with van der Waals surface area (Å²) in [5.74, 6) is 0.349. The summed E-state index contributed by atoms with van der Waals surface area (Å²) in [4.78, 5) is 13.7. The van der Waals surface area contributed by atoms with E-state index in [1.165, 1.54) is 0 Å². The van der Waals surface area contributed by atoms with Gasteiger partial charge in [-0.2, -0.15) is 0 Å². The van der Waals surface area contributed by atoms with E-state index in [1.807, 2.05) is 0 Å². The lowest BCUT2D eigenvalue weighted by atomic mass is 9.84. The van der Waals surface area contributed by atoms with E-state index in [0.29, 0.717) is 19.4 Å². The Labute approximate surface area is 116 Å². The van der Waals surface area contributed by atoms with Gasteiger partial charge in [0, 0.05) is 19.5 Å². The highest BCUT2D eigenvalue weighted by molar-refractivity contribution is 7.91. The third-order valence-electron chi connectivity index (χ3n) is 3.99. The average molecular weight is 290 g/mol. The molecule has 1 atom stereocenters. The molecule has 1 rings (SSSR count). The largest absolute Gasteiger partial charge is 0.342 e. The molecule has 1 aliphatic rings. The van der Waals surface area contributed by atoms with Gasteiger partial charge in [-0.3, -0.25) is 4.79 Å². The van der Waals surface area contributed by atoms with Crippen molar-refractivity contribution in [2.75, 3.05) is 25.1 Å². The fourth-order valence-corrected chi connectivity index (χ4v) is 4.20. The van der Waals surface area contributed by atoms with Gasteiger partial charge >= 0.3 is 0 Å². The van der Waals surface area contributed by atoms with Crippen LogP contribution in [0.15, 0.2) is 0 Å². The summed E-state index contributed by atoms with van der Waals surface area (Å²) in [5, 5.41) is 0. The minimum Gasteiger partial charge on any atom is -0.342 e. The van der Waals surface area contributed by atoms with Crippen molar-refractivity contribution in [3.8, 4) is 0 Å². The molecule has 19 heavy (non-hydrogen) atoms. The van der Waals surface area contributed by atoms with Crippen LogP contribution in [0.2, 0.25) is 0 Å². The summed E-state index contributed by atoms with van der Waals surface area (Å²) >= 11 is 0. The Morgan fingerprint density at radius 3 is 2.47 bits per heavy atom. The lowest BCUT2D eigenvalue weighted by Gasteiger charge is -2.27. The number of hydrogen-bond donors (Lipinski definition) is 1. The third-order valence-corrected chi connectivity index (χ3v) is 5.74. The van der Waals surface area contributed by atoms with Crippen molar-refractivity contribution in [1.29, 1.82) is 0 Å². The Morgan fingerprint density at radius 2 is 2.00 bits per heavy atom. The van der Waals surface area contributed by atoms with Crippen LogP contribution in [-0.2, 0) is 14.6 Å². The van der Waals surface area contributed by atoms with Gasteiger partial charge in [0.2, 0.25) is 5.91 Å². The zero-order valence-electron chi connectivity index (χ0n) is 12.2. The molecule has 0 spiro atoms. The van der Waals surface area contributed by atoms with Gasteiger partial charge in [-0.25, -0.2) is 8.42 Å². The third kappa shape index (κ3) is 5.10. The SMILES string of the molecule is CN(C(=O)CCC(C)(C)CCN)C1CCS(=O)(=O)C1. The molecule has 1 saturated heterocycles. The van der Waals surface area contributed by atoms with E-state index in [1.54, 1.807) is 11.9 Å². The highest BCUT2D eigenvalue weighted by atomic mass is 32.2. The number of hydrogen-bond acceptors (Lipinski definition) is 4. The van der Waals surface area contributed by atoms with Crippen LogP contribution in [0.5, 0.6) is 0 Å². The Bertz CT molecular complexity index is 418. The maximum absolute atomic E-state index is 12.1. The molecule has 0 aliphatic carbocycles. The minimum absolute atomic E-state index is 0.0344. The molecule has 0 bridgehead atoms. The number of carbonyl (C=O) groups is 1. The summed E-state index contributed by atoms with van der Waals surface area (Å²) in [5.41, 5.74) is 5.61. The van der Waals surface area contributed by atoms with Gasteiger partial charge in [0.05, 0.1) is 11.5 Å². The lowest BCUT2D eigenvalue weighted by molar-refractivity contribution is -0.132. The van der Waals surface area contributed by atoms with Gasteiger partial charge in [0.1, 0.15) is 0 Å². The lowest BCUT2D eigenvalue weighted by Crippen LogP contribution is -2.38. The first-order valence-corrected chi connectivity index (χ1v) is 8.65. The van der Waals surface area contributed by atoms with E-state index in [-0.39, 0.29) is 28.9 Å². The molecule has 112 valence electrons. The van der Waals surface area contributed by atoms with Crippen LogP contribution in [0.4, 0.5) is 0 Å². The Hall–Kier alpha value is -0.620. The number of nitrogens with zero attached hydrogens (tertiary/aromatic N) is 1. The van der Waals surface area contributed by atoms with E-state index in [2.05, 4.69) is 13.8 Å². The van der Waals surface area contributed by atoms with Gasteiger partial charge in [-0.1, -0.05) is 13.8 Å². The van der Waals surface area contributed by atoms with Crippen LogP contribution >= 0.6 is 0 Å². The molecule has 1 amide bonds. The summed E-state index contributed by atoms with van der Waals surface area (Å²) in [6, 6.07) is -0.143. The van der Waals surface area contributed by atoms with E-state index >= 15 is 0 Å². The summed E-state index contributed by atoms with van der Waals surface area (Å²) in [6.07, 6.45) is 2.70. The van der Waals surface area contributed by atoms with Crippen molar-refractivity contribution < 1.29 is 13.2 Å². The summed E-state index contributed by atoms with van der Waals surface area (Å²) in [6.45, 7) is 4.83. The molecule has 1 aliphatic heterocycles. The van der Waals surface area contributed by atoms with Crippen LogP contribution in [0, 0.1) is 5.41 Å². The van der Waals surface area contributed by atoms with Gasteiger partial charge in [-0.05, 0) is 31.2 Å². The highest BCUT2D eigenvalue weighted by Crippen LogP contribution is 2.27. The molecule has 0 saturated carbocycles. The van der Waals surface area contributed by atoms with Gasteiger partial charge < -0.3 is 10.6 Å². The van der Waals surface area contributed by atoms with E-state index in [4.69, 9.17) is 5.73 Å². The van der Waals surface area contributed by atoms with Crippen LogP contribution in [0.3, 0.4) is 0 Å². The number of sulfone groups is 1. The van der Waals surface area contributed by atoms with Crippen molar-refractivity contribution in [1.82, 2.24) is 4.90 Å². The highest BCUT2D eigenvalue weighted by Gasteiger charge is 2.32. The molecule has 2 N–H and O–H groups in total. The molecule has 1 unspecified atom stereocenters. The Morgan fingerprint density at radius 1 is 1.37 bits per heavy atom. The molecule has 1 heterocycles. The van der Waals surface area contributed by atoms with Crippen molar-refractivity contribution in [3.05, 3.63) is 0 Å². The molecule has 5 nitrogen and oxygen atoms in total. The van der Waals surface area contributed by atoms with E-state index in [0.717, 1.165) is 12.8 Å². The maximum Gasteiger partial charge on any atom is 0.222 e. The van der Waals surface area contributed by atoms with Crippen LogP contribution in [0.25, 0.3) is 0 Å². The van der Waals surface area contributed by atoms with Crippen molar-refractivity contribution >= 4 is 15.7 Å². The van der Waals surface area contributed by atoms with Crippen LogP contribution in [-0.4, -0.2) is 50.4 Å². The van der Waals surface area contributed by atoms with Crippen molar-refractivity contribution in [2.45, 2.75) is 45.6 Å². The Kier molecular flexibility index (Phi) is 5.38. The summed E-state index contributed by atoms with van der Waals surface area (Å²) < 4.78 is 22.8. The van der Waals surface area contributed by atoms with Gasteiger partial charge in [0.15, 0.2) is 9.84 Å². The monoisotopic (exact) mass is 290 g/mol. The Balaban J connectivity index is 2.46. The quantitative estimate of drug-likeness (QED) is 0.784. The van der Waals surface area contributed by atoms with Gasteiger partial charge in [0.25, 0.3) is 0 Å². The molecule has 0 aromatic rings. The summed E-state index contributed by atoms with van der Waals surface area (Å²) in [7, 11) is -1.22. The standard InChI is InChI=1S/C13H26N2O3S/c1-13(2,7-8-14)6-4-12(16)15(3)11-5-9-19(17,18)10-11/h11H,4-10,14H2,1-3H3. The van der Waals surface area contributed by atoms with Crippen molar-refractivity contribution in [3.63, 3.8) is 0 Å². The first kappa shape index (κ1) is 16.4. The minimum atomic E-state index is -2.94. The van der Waals surface area contributed by atoms with Crippen LogP contribution in [0.1, 0.15) is 39.5 Å². The predicted molar refractivity (Wildman–Crippen MR) is 76.5 cm³/mol. The van der Waals surface area contributed by atoms with Gasteiger partial charge in [-0.15, -0.1) is 0 Å². The number of carbonyl (C=O) groups excluding carboxylic acids is 1. The van der Waals surface area contributed by atoms with E-state index < -0.39 is 9.84 Å². The van der Waals surface area contributed by atoms with Crippen molar-refractivity contribution in [2.24, 2.45) is 11.1 Å². The second-order valence-corrected chi connectivity index (χ2v) is 8.49. The molecular formula is C13H26N2O3S. The number of nitrogens with two attached hydrogens (primary N) is 1. The first-order valence-electron chi connectivity index (χ1n) is 6.83. The zero-order valence-corrected chi connectivity index (χ0v) is 13.0. The zero-order chi connectivity index (χ0) is 14.7. The smallest absolute Gasteiger partial charge is 0.222 e. The number of rotatable bonds is 6. The molecule has 0 aromatic carbocycles. The second kappa shape index (κ2) is 6.22. The second-order valence-electron chi connectivity index (χ2n) is 6.26. The molecule has 0 aromatic heterocycles. The fourth-order valence-electron chi connectivity index (χ4n) is 2.42. The predicted octanol–water partition coefficient (Wildman–Crippen LogP) is 0.787. The first-order chi connectivity index (χ1) is 8.67. The molecule has 1 fully saturated rings. The molecule has 0 radical (unpaired) electrons. The average Bonchev–Trinajstić information content (AvgIpc) is 2.65. The molecule has 6 heteroatoms. The van der Waals surface area contributed by atoms with E-state index in [9.17, 15) is 13.2 Å². The fraction of sp³-hybridized carbons (Fsp3) is 0.923. The normalized spacial score (nSPS) is 22.4. The topological polar surface area (TPSA) is 80.5 Å². The molecular weight excluding hydrogens is 264 g/mol. The maximum atomic E-state index is 12.1.